The summed E-state index contributed by atoms with van der Waals surface area (Å²) in [4.78, 5) is 12.7. The molecule has 0 amide bonds. The first-order chi connectivity index (χ1) is 11.3. The highest BCUT2D eigenvalue weighted by Crippen LogP contribution is 2.50. The minimum atomic E-state index is 0.0192. The van der Waals surface area contributed by atoms with Gasteiger partial charge in [-0.1, -0.05) is 30.3 Å². The first-order valence-corrected chi connectivity index (χ1v) is 8.30. The molecule has 1 N–H and O–H groups in total. The summed E-state index contributed by atoms with van der Waals surface area (Å²) in [6.07, 6.45) is 2.76. The largest absolute Gasteiger partial charge is 0.497 e. The van der Waals surface area contributed by atoms with E-state index in [0.29, 0.717) is 12.2 Å². The summed E-state index contributed by atoms with van der Waals surface area (Å²) in [7, 11) is 1.69. The van der Waals surface area contributed by atoms with Crippen LogP contribution in [0, 0.1) is 5.92 Å². The summed E-state index contributed by atoms with van der Waals surface area (Å²) >= 11 is 0. The SMILES string of the molecule is COc1ccc2c(c1)[C@H]1CCCC(=O)[C@H]1[C@@H](c1ccccc1)N2. The summed E-state index contributed by atoms with van der Waals surface area (Å²) in [5.41, 5.74) is 3.56. The maximum absolute atomic E-state index is 12.7. The highest BCUT2D eigenvalue weighted by Gasteiger charge is 2.43. The number of carbonyl (C=O) groups excluding carboxylic acids is 1. The van der Waals surface area contributed by atoms with E-state index in [4.69, 9.17) is 4.74 Å². The molecule has 0 saturated heterocycles. The van der Waals surface area contributed by atoms with E-state index in [-0.39, 0.29) is 17.9 Å². The number of nitrogens with one attached hydrogen (secondary N) is 1. The van der Waals surface area contributed by atoms with Gasteiger partial charge in [0.25, 0.3) is 0 Å². The molecule has 3 heteroatoms. The Morgan fingerprint density at radius 2 is 1.96 bits per heavy atom. The van der Waals surface area contributed by atoms with Gasteiger partial charge >= 0.3 is 0 Å². The third kappa shape index (κ3) is 2.40. The van der Waals surface area contributed by atoms with Gasteiger partial charge in [0, 0.05) is 18.0 Å². The number of Topliss-reactive ketones (excluding diaryl/α,β-unsaturated/α-hetero) is 1. The molecule has 0 unspecified atom stereocenters. The Hall–Kier alpha value is -2.29. The number of fused-ring (bicyclic) bond motifs is 3. The minimum absolute atomic E-state index is 0.0192. The van der Waals surface area contributed by atoms with Crippen LogP contribution in [-0.2, 0) is 4.79 Å². The van der Waals surface area contributed by atoms with E-state index >= 15 is 0 Å². The van der Waals surface area contributed by atoms with Gasteiger partial charge in [-0.2, -0.15) is 0 Å². The van der Waals surface area contributed by atoms with Crippen molar-refractivity contribution in [3.63, 3.8) is 0 Å². The molecule has 0 aromatic heterocycles. The Morgan fingerprint density at radius 1 is 1.13 bits per heavy atom. The van der Waals surface area contributed by atoms with Crippen molar-refractivity contribution in [3.05, 3.63) is 59.7 Å². The Kier molecular flexibility index (Phi) is 3.56. The first-order valence-electron chi connectivity index (χ1n) is 8.30. The van der Waals surface area contributed by atoms with Crippen LogP contribution in [0.15, 0.2) is 48.5 Å². The van der Waals surface area contributed by atoms with E-state index in [9.17, 15) is 4.79 Å². The average molecular weight is 307 g/mol. The minimum Gasteiger partial charge on any atom is -0.497 e. The van der Waals surface area contributed by atoms with Gasteiger partial charge in [-0.3, -0.25) is 4.79 Å². The zero-order valence-corrected chi connectivity index (χ0v) is 13.3. The summed E-state index contributed by atoms with van der Waals surface area (Å²) in [6.45, 7) is 0. The third-order valence-electron chi connectivity index (χ3n) is 5.23. The average Bonchev–Trinajstić information content (AvgIpc) is 2.61. The van der Waals surface area contributed by atoms with E-state index in [0.717, 1.165) is 24.3 Å². The number of rotatable bonds is 2. The number of methoxy groups -OCH3 is 1. The quantitative estimate of drug-likeness (QED) is 0.898. The lowest BCUT2D eigenvalue weighted by Crippen LogP contribution is -2.39. The van der Waals surface area contributed by atoms with Crippen LogP contribution in [0.3, 0.4) is 0 Å². The van der Waals surface area contributed by atoms with Crippen molar-refractivity contribution >= 4 is 11.5 Å². The molecule has 118 valence electrons. The fourth-order valence-electron chi connectivity index (χ4n) is 4.15. The molecule has 0 bridgehead atoms. The van der Waals surface area contributed by atoms with E-state index in [1.54, 1.807) is 7.11 Å². The smallest absolute Gasteiger partial charge is 0.138 e. The molecule has 1 fully saturated rings. The first kappa shape index (κ1) is 14.3. The van der Waals surface area contributed by atoms with Crippen molar-refractivity contribution < 1.29 is 9.53 Å². The van der Waals surface area contributed by atoms with Crippen LogP contribution >= 0.6 is 0 Å². The fraction of sp³-hybridized carbons (Fsp3) is 0.350. The monoisotopic (exact) mass is 307 g/mol. The van der Waals surface area contributed by atoms with Crippen LogP contribution in [0.4, 0.5) is 5.69 Å². The second kappa shape index (κ2) is 5.73. The molecule has 1 aliphatic heterocycles. The van der Waals surface area contributed by atoms with Crippen molar-refractivity contribution in [2.75, 3.05) is 12.4 Å². The standard InChI is InChI=1S/C20H21NO2/c1-23-14-10-11-17-16(12-14)15-8-5-9-18(22)19(15)20(21-17)13-6-3-2-4-7-13/h2-4,6-7,10-12,15,19-21H,5,8-9H2,1H3/t15-,19+,20-/m1/s1. The van der Waals surface area contributed by atoms with Crippen molar-refractivity contribution in [2.24, 2.45) is 5.92 Å². The summed E-state index contributed by atoms with van der Waals surface area (Å²) in [5.74, 6) is 1.55. The van der Waals surface area contributed by atoms with Crippen LogP contribution in [0.2, 0.25) is 0 Å². The molecule has 0 radical (unpaired) electrons. The second-order valence-electron chi connectivity index (χ2n) is 6.48. The van der Waals surface area contributed by atoms with E-state index in [1.807, 2.05) is 24.3 Å². The van der Waals surface area contributed by atoms with Crippen LogP contribution < -0.4 is 10.1 Å². The molecule has 3 nitrogen and oxygen atoms in total. The maximum Gasteiger partial charge on any atom is 0.138 e. The van der Waals surface area contributed by atoms with Crippen LogP contribution in [0.25, 0.3) is 0 Å². The van der Waals surface area contributed by atoms with Crippen molar-refractivity contribution in [1.29, 1.82) is 0 Å². The highest BCUT2D eigenvalue weighted by molar-refractivity contribution is 5.86. The Balaban J connectivity index is 1.82. The lowest BCUT2D eigenvalue weighted by molar-refractivity contribution is -0.126. The molecule has 23 heavy (non-hydrogen) atoms. The van der Waals surface area contributed by atoms with Crippen LogP contribution in [-0.4, -0.2) is 12.9 Å². The number of ketones is 1. The molecule has 4 rings (SSSR count). The predicted octanol–water partition coefficient (Wildman–Crippen LogP) is 4.31. The van der Waals surface area contributed by atoms with Crippen molar-refractivity contribution in [1.82, 2.24) is 0 Å². The molecule has 2 aromatic rings. The zero-order chi connectivity index (χ0) is 15.8. The number of hydrogen-bond acceptors (Lipinski definition) is 3. The number of anilines is 1. The van der Waals surface area contributed by atoms with Crippen molar-refractivity contribution in [2.45, 2.75) is 31.2 Å². The lowest BCUT2D eigenvalue weighted by Gasteiger charge is -2.42. The second-order valence-corrected chi connectivity index (χ2v) is 6.48. The Bertz CT molecular complexity index is 726. The lowest BCUT2D eigenvalue weighted by atomic mass is 9.67. The van der Waals surface area contributed by atoms with Gasteiger partial charge in [0.2, 0.25) is 0 Å². The third-order valence-corrected chi connectivity index (χ3v) is 5.23. The molecule has 1 heterocycles. The number of hydrogen-bond donors (Lipinski definition) is 1. The van der Waals surface area contributed by atoms with Gasteiger partial charge in [-0.25, -0.2) is 0 Å². The van der Waals surface area contributed by atoms with Crippen molar-refractivity contribution in [3.8, 4) is 5.75 Å². The zero-order valence-electron chi connectivity index (χ0n) is 13.3. The van der Waals surface area contributed by atoms with E-state index in [2.05, 4.69) is 29.6 Å². The number of carbonyl (C=O) groups is 1. The Labute approximate surface area is 136 Å². The number of ether oxygens (including phenoxy) is 1. The molecule has 1 saturated carbocycles. The molecule has 1 aliphatic carbocycles. The van der Waals surface area contributed by atoms with E-state index < -0.39 is 0 Å². The van der Waals surface area contributed by atoms with Gasteiger partial charge in [0.05, 0.1) is 13.2 Å². The highest BCUT2D eigenvalue weighted by atomic mass is 16.5. The Morgan fingerprint density at radius 3 is 2.74 bits per heavy atom. The van der Waals surface area contributed by atoms with Gasteiger partial charge in [-0.15, -0.1) is 0 Å². The normalized spacial score (nSPS) is 26.0. The summed E-state index contributed by atoms with van der Waals surface area (Å²) in [5, 5.41) is 3.62. The molecule has 2 aliphatic rings. The maximum atomic E-state index is 12.7. The summed E-state index contributed by atoms with van der Waals surface area (Å²) in [6, 6.07) is 16.6. The molecule has 3 atom stereocenters. The predicted molar refractivity (Wildman–Crippen MR) is 90.9 cm³/mol. The fourth-order valence-corrected chi connectivity index (χ4v) is 4.15. The molecule has 2 aromatic carbocycles. The van der Waals surface area contributed by atoms with Gasteiger partial charge < -0.3 is 10.1 Å². The topological polar surface area (TPSA) is 38.3 Å². The molecular formula is C20H21NO2. The summed E-state index contributed by atoms with van der Waals surface area (Å²) < 4.78 is 5.39. The van der Waals surface area contributed by atoms with Crippen LogP contribution in [0.5, 0.6) is 5.75 Å². The molecule has 0 spiro atoms. The van der Waals surface area contributed by atoms with Gasteiger partial charge in [-0.05, 0) is 48.1 Å². The molecular weight excluding hydrogens is 286 g/mol. The van der Waals surface area contributed by atoms with Gasteiger partial charge in [0.15, 0.2) is 0 Å². The van der Waals surface area contributed by atoms with Gasteiger partial charge in [0.1, 0.15) is 11.5 Å². The van der Waals surface area contributed by atoms with Crippen LogP contribution in [0.1, 0.15) is 42.3 Å². The number of benzene rings is 2. The van der Waals surface area contributed by atoms with E-state index in [1.165, 1.54) is 11.1 Å².